The van der Waals surface area contributed by atoms with Gasteiger partial charge in [-0.25, -0.2) is 0 Å². The van der Waals surface area contributed by atoms with Gasteiger partial charge in [0, 0.05) is 12.5 Å². The lowest BCUT2D eigenvalue weighted by Crippen LogP contribution is -2.12. The fourth-order valence-electron chi connectivity index (χ4n) is 3.08. The highest BCUT2D eigenvalue weighted by Crippen LogP contribution is 2.39. The lowest BCUT2D eigenvalue weighted by Gasteiger charge is -2.15. The van der Waals surface area contributed by atoms with Crippen LogP contribution in [0.25, 0.3) is 22.5 Å². The summed E-state index contributed by atoms with van der Waals surface area (Å²) in [5.74, 6) is -0.351. The number of ether oxygens (including phenoxy) is 2. The van der Waals surface area contributed by atoms with E-state index in [-0.39, 0.29) is 25.9 Å². The first-order valence-corrected chi connectivity index (χ1v) is 8.87. The number of carbonyl (C=O) groups is 1. The maximum atomic E-state index is 10.9. The van der Waals surface area contributed by atoms with Gasteiger partial charge in [-0.2, -0.15) is 5.26 Å². The quantitative estimate of drug-likeness (QED) is 0.501. The SMILES string of the molecule is CC(=O)OCCOCn1c(-c2ccccc2)c(N)c(C#N)c1-c1ccccc1. The standard InChI is InChI=1S/C22H21N3O3/c1-16(26)28-13-12-27-15-25-21(17-8-4-2-5-9-17)19(14-23)20(24)22(25)18-10-6-3-7-11-18/h2-11H,12-13,15,24H2,1H3. The molecule has 0 unspecified atom stereocenters. The minimum absolute atomic E-state index is 0.165. The molecule has 28 heavy (non-hydrogen) atoms. The molecule has 0 bridgehead atoms. The molecule has 0 fully saturated rings. The Hall–Kier alpha value is -3.56. The van der Waals surface area contributed by atoms with E-state index in [1.807, 2.05) is 65.2 Å². The zero-order chi connectivity index (χ0) is 19.9. The van der Waals surface area contributed by atoms with Crippen molar-refractivity contribution in [2.24, 2.45) is 0 Å². The average Bonchev–Trinajstić information content (AvgIpc) is 3.00. The molecule has 0 aliphatic rings. The van der Waals surface area contributed by atoms with Crippen LogP contribution in [-0.4, -0.2) is 23.8 Å². The van der Waals surface area contributed by atoms with Crippen LogP contribution < -0.4 is 5.73 Å². The summed E-state index contributed by atoms with van der Waals surface area (Å²) in [5, 5.41) is 9.77. The summed E-state index contributed by atoms with van der Waals surface area (Å²) < 4.78 is 12.5. The Kier molecular flexibility index (Phi) is 6.10. The van der Waals surface area contributed by atoms with Crippen molar-refractivity contribution in [2.75, 3.05) is 18.9 Å². The lowest BCUT2D eigenvalue weighted by molar-refractivity contribution is -0.142. The van der Waals surface area contributed by atoms with E-state index in [0.717, 1.165) is 16.8 Å². The van der Waals surface area contributed by atoms with E-state index in [9.17, 15) is 10.1 Å². The van der Waals surface area contributed by atoms with Gasteiger partial charge in [-0.3, -0.25) is 4.79 Å². The van der Waals surface area contributed by atoms with E-state index in [1.165, 1.54) is 6.92 Å². The lowest BCUT2D eigenvalue weighted by atomic mass is 10.1. The molecule has 6 heteroatoms. The molecular formula is C22H21N3O3. The minimum Gasteiger partial charge on any atom is -0.463 e. The maximum absolute atomic E-state index is 10.9. The van der Waals surface area contributed by atoms with Gasteiger partial charge in [0.1, 0.15) is 25.0 Å². The monoisotopic (exact) mass is 375 g/mol. The first kappa shape index (κ1) is 19.2. The van der Waals surface area contributed by atoms with Gasteiger partial charge in [-0.15, -0.1) is 0 Å². The molecule has 3 aromatic rings. The third-order valence-electron chi connectivity index (χ3n) is 4.26. The number of hydrogen-bond acceptors (Lipinski definition) is 5. The summed E-state index contributed by atoms with van der Waals surface area (Å²) in [7, 11) is 0. The highest BCUT2D eigenvalue weighted by molar-refractivity contribution is 5.87. The second-order valence-electron chi connectivity index (χ2n) is 6.14. The van der Waals surface area contributed by atoms with E-state index in [0.29, 0.717) is 16.9 Å². The Morgan fingerprint density at radius 2 is 1.57 bits per heavy atom. The topological polar surface area (TPSA) is 90.3 Å². The number of nitrogens with zero attached hydrogens (tertiary/aromatic N) is 2. The fourth-order valence-corrected chi connectivity index (χ4v) is 3.08. The third kappa shape index (κ3) is 4.05. The Labute approximate surface area is 163 Å². The van der Waals surface area contributed by atoms with Crippen molar-refractivity contribution in [3.05, 3.63) is 66.2 Å². The zero-order valence-corrected chi connectivity index (χ0v) is 15.6. The molecule has 2 N–H and O–H groups in total. The molecule has 142 valence electrons. The molecule has 0 saturated heterocycles. The Morgan fingerprint density at radius 1 is 1.00 bits per heavy atom. The summed E-state index contributed by atoms with van der Waals surface area (Å²) in [6, 6.07) is 21.5. The number of aromatic nitrogens is 1. The van der Waals surface area contributed by atoms with Gasteiger partial charge in [0.05, 0.1) is 23.7 Å². The summed E-state index contributed by atoms with van der Waals surface area (Å²) >= 11 is 0. The second kappa shape index (κ2) is 8.89. The second-order valence-corrected chi connectivity index (χ2v) is 6.14. The molecule has 0 aliphatic carbocycles. The van der Waals surface area contributed by atoms with Gasteiger partial charge in [0.15, 0.2) is 0 Å². The molecule has 3 rings (SSSR count). The fraction of sp³-hybridized carbons (Fsp3) is 0.182. The summed E-state index contributed by atoms with van der Waals surface area (Å²) in [4.78, 5) is 10.9. The van der Waals surface area contributed by atoms with Crippen LogP contribution in [0.2, 0.25) is 0 Å². The van der Waals surface area contributed by atoms with Crippen LogP contribution in [0, 0.1) is 11.3 Å². The zero-order valence-electron chi connectivity index (χ0n) is 15.6. The van der Waals surface area contributed by atoms with Crippen molar-refractivity contribution in [2.45, 2.75) is 13.7 Å². The van der Waals surface area contributed by atoms with Crippen LogP contribution in [0.1, 0.15) is 12.5 Å². The maximum Gasteiger partial charge on any atom is 0.302 e. The van der Waals surface area contributed by atoms with Crippen molar-refractivity contribution >= 4 is 11.7 Å². The Morgan fingerprint density at radius 3 is 2.11 bits per heavy atom. The van der Waals surface area contributed by atoms with Crippen LogP contribution in [0.5, 0.6) is 0 Å². The molecule has 0 aliphatic heterocycles. The number of anilines is 1. The van der Waals surface area contributed by atoms with Crippen LogP contribution in [0.15, 0.2) is 60.7 Å². The van der Waals surface area contributed by atoms with E-state index in [4.69, 9.17) is 15.2 Å². The van der Waals surface area contributed by atoms with Crippen molar-refractivity contribution in [3.63, 3.8) is 0 Å². The molecule has 0 amide bonds. The predicted octanol–water partition coefficient (Wildman–Crippen LogP) is 3.81. The molecule has 1 heterocycles. The van der Waals surface area contributed by atoms with Crippen molar-refractivity contribution in [3.8, 4) is 28.6 Å². The summed E-state index contributed by atoms with van der Waals surface area (Å²) in [6.07, 6.45) is 0. The van der Waals surface area contributed by atoms with Crippen molar-refractivity contribution in [1.29, 1.82) is 5.26 Å². The molecular weight excluding hydrogens is 354 g/mol. The van der Waals surface area contributed by atoms with Crippen molar-refractivity contribution < 1.29 is 14.3 Å². The minimum atomic E-state index is -0.351. The molecule has 0 atom stereocenters. The van der Waals surface area contributed by atoms with E-state index in [1.54, 1.807) is 0 Å². The smallest absolute Gasteiger partial charge is 0.302 e. The first-order valence-electron chi connectivity index (χ1n) is 8.87. The van der Waals surface area contributed by atoms with E-state index >= 15 is 0 Å². The number of hydrogen-bond donors (Lipinski definition) is 1. The summed E-state index contributed by atoms with van der Waals surface area (Å²) in [6.45, 7) is 1.93. The van der Waals surface area contributed by atoms with Gasteiger partial charge >= 0.3 is 5.97 Å². The number of nitrogen functional groups attached to an aromatic ring is 1. The highest BCUT2D eigenvalue weighted by Gasteiger charge is 2.23. The number of benzene rings is 2. The molecule has 0 saturated carbocycles. The van der Waals surface area contributed by atoms with Crippen molar-refractivity contribution in [1.82, 2.24) is 4.57 Å². The molecule has 0 radical (unpaired) electrons. The van der Waals surface area contributed by atoms with Gasteiger partial charge in [-0.05, 0) is 5.56 Å². The van der Waals surface area contributed by atoms with Crippen LogP contribution >= 0.6 is 0 Å². The Balaban J connectivity index is 2.05. The highest BCUT2D eigenvalue weighted by atomic mass is 16.6. The number of rotatable bonds is 7. The average molecular weight is 375 g/mol. The van der Waals surface area contributed by atoms with Gasteiger partial charge in [0.25, 0.3) is 0 Å². The normalized spacial score (nSPS) is 10.4. The predicted molar refractivity (Wildman–Crippen MR) is 107 cm³/mol. The third-order valence-corrected chi connectivity index (χ3v) is 4.26. The molecule has 6 nitrogen and oxygen atoms in total. The van der Waals surface area contributed by atoms with Crippen LogP contribution in [0.4, 0.5) is 5.69 Å². The molecule has 0 spiro atoms. The van der Waals surface area contributed by atoms with E-state index in [2.05, 4.69) is 6.07 Å². The van der Waals surface area contributed by atoms with Gasteiger partial charge < -0.3 is 19.8 Å². The largest absolute Gasteiger partial charge is 0.463 e. The molecule has 2 aromatic carbocycles. The summed E-state index contributed by atoms with van der Waals surface area (Å²) in [5.41, 5.74) is 10.4. The first-order chi connectivity index (χ1) is 13.6. The molecule has 1 aromatic heterocycles. The van der Waals surface area contributed by atoms with Gasteiger partial charge in [-0.1, -0.05) is 60.7 Å². The Bertz CT molecular complexity index is 989. The van der Waals surface area contributed by atoms with Crippen LogP contribution in [0.3, 0.4) is 0 Å². The number of carbonyl (C=O) groups excluding carboxylic acids is 1. The number of nitrogens with two attached hydrogens (primary N) is 1. The van der Waals surface area contributed by atoms with Crippen LogP contribution in [-0.2, 0) is 21.0 Å². The van der Waals surface area contributed by atoms with Gasteiger partial charge in [0.2, 0.25) is 0 Å². The van der Waals surface area contributed by atoms with E-state index < -0.39 is 0 Å². The number of esters is 1. The number of nitriles is 1.